The summed E-state index contributed by atoms with van der Waals surface area (Å²) < 4.78 is 19.3. The number of carboxylic acid groups (broad SMARTS) is 2. The molecule has 0 aromatic carbocycles. The molecule has 0 amide bonds. The van der Waals surface area contributed by atoms with E-state index in [1.165, 1.54) is 6.92 Å². The van der Waals surface area contributed by atoms with Gasteiger partial charge in [-0.3, -0.25) is 14.1 Å². The number of esters is 1. The highest BCUT2D eigenvalue weighted by Crippen LogP contribution is 2.44. The molecule has 110 valence electrons. The quantitative estimate of drug-likeness (QED) is 0.333. The molecule has 10 nitrogen and oxygen atoms in total. The molecule has 0 bridgehead atoms. The van der Waals surface area contributed by atoms with E-state index >= 15 is 0 Å². The summed E-state index contributed by atoms with van der Waals surface area (Å²) in [5.41, 5.74) is -2.79. The van der Waals surface area contributed by atoms with Crippen molar-refractivity contribution in [3.05, 3.63) is 0 Å². The van der Waals surface area contributed by atoms with Crippen molar-refractivity contribution < 1.29 is 48.2 Å². The Labute approximate surface area is 107 Å². The van der Waals surface area contributed by atoms with Crippen LogP contribution in [0, 0.1) is 0 Å². The Hall–Kier alpha value is -1.48. The minimum atomic E-state index is -5.30. The maximum atomic E-state index is 11.6. The van der Waals surface area contributed by atoms with E-state index in [0.29, 0.717) is 0 Å². The van der Waals surface area contributed by atoms with Crippen LogP contribution in [0.15, 0.2) is 0 Å². The van der Waals surface area contributed by atoms with E-state index in [1.54, 1.807) is 0 Å². The molecule has 0 radical (unpaired) electrons. The SMILES string of the molecule is CCOC(=O)C(CC(=O)O)(CC(=O)O)OP(=O)(O)O. The minimum Gasteiger partial charge on any atom is -0.481 e. The van der Waals surface area contributed by atoms with Gasteiger partial charge in [-0.05, 0) is 6.92 Å². The smallest absolute Gasteiger partial charge is 0.470 e. The van der Waals surface area contributed by atoms with E-state index in [0.717, 1.165) is 0 Å². The summed E-state index contributed by atoms with van der Waals surface area (Å²) >= 11 is 0. The van der Waals surface area contributed by atoms with Crippen LogP contribution in [0.2, 0.25) is 0 Å². The number of phosphoric ester groups is 1. The van der Waals surface area contributed by atoms with Gasteiger partial charge in [-0.1, -0.05) is 0 Å². The molecule has 0 aliphatic carbocycles. The average Bonchev–Trinajstić information content (AvgIpc) is 2.12. The maximum absolute atomic E-state index is 11.6. The van der Waals surface area contributed by atoms with Crippen molar-refractivity contribution in [3.8, 4) is 0 Å². The predicted molar refractivity (Wildman–Crippen MR) is 57.0 cm³/mol. The van der Waals surface area contributed by atoms with Crippen LogP contribution in [0.3, 0.4) is 0 Å². The van der Waals surface area contributed by atoms with Gasteiger partial charge >= 0.3 is 25.7 Å². The van der Waals surface area contributed by atoms with Crippen LogP contribution in [-0.4, -0.2) is 50.1 Å². The molecule has 19 heavy (non-hydrogen) atoms. The van der Waals surface area contributed by atoms with Gasteiger partial charge in [-0.15, -0.1) is 0 Å². The Morgan fingerprint density at radius 3 is 1.79 bits per heavy atom. The number of hydrogen-bond acceptors (Lipinski definition) is 6. The molecule has 0 aliphatic heterocycles. The van der Waals surface area contributed by atoms with E-state index in [2.05, 4.69) is 9.26 Å². The van der Waals surface area contributed by atoms with Crippen molar-refractivity contribution in [2.24, 2.45) is 0 Å². The Balaban J connectivity index is 5.55. The molecule has 4 N–H and O–H groups in total. The number of ether oxygens (including phenoxy) is 1. The summed E-state index contributed by atoms with van der Waals surface area (Å²) in [6, 6.07) is 0. The molecule has 0 rings (SSSR count). The lowest BCUT2D eigenvalue weighted by atomic mass is 9.96. The lowest BCUT2D eigenvalue weighted by molar-refractivity contribution is -0.173. The second-order valence-corrected chi connectivity index (χ2v) is 4.60. The van der Waals surface area contributed by atoms with Gasteiger partial charge in [0.25, 0.3) is 0 Å². The number of hydrogen-bond donors (Lipinski definition) is 4. The summed E-state index contributed by atoms with van der Waals surface area (Å²) in [6.07, 6.45) is -2.52. The first-order valence-electron chi connectivity index (χ1n) is 4.89. The molecule has 0 saturated heterocycles. The van der Waals surface area contributed by atoms with Crippen LogP contribution in [-0.2, 0) is 28.2 Å². The van der Waals surface area contributed by atoms with Gasteiger partial charge in [-0.25, -0.2) is 9.36 Å². The van der Waals surface area contributed by atoms with E-state index in [9.17, 15) is 18.9 Å². The monoisotopic (exact) mass is 300 g/mol. The standard InChI is InChI=1S/C8H13O10P/c1-2-17-7(13)8(3-5(9)10,4-6(11)12)18-19(14,15)16/h2-4H2,1H3,(H,9,10)(H,11,12)(H2,14,15,16). The summed E-state index contributed by atoms with van der Waals surface area (Å²) in [6.45, 7) is 1.10. The molecule has 0 unspecified atom stereocenters. The topological polar surface area (TPSA) is 168 Å². The Morgan fingerprint density at radius 2 is 1.53 bits per heavy atom. The van der Waals surface area contributed by atoms with Crippen molar-refractivity contribution in [2.75, 3.05) is 6.61 Å². The Morgan fingerprint density at radius 1 is 1.11 bits per heavy atom. The lowest BCUT2D eigenvalue weighted by Crippen LogP contribution is -2.46. The fourth-order valence-corrected chi connectivity index (χ4v) is 1.95. The van der Waals surface area contributed by atoms with Crippen molar-refractivity contribution in [1.29, 1.82) is 0 Å². The molecule has 0 saturated carbocycles. The highest BCUT2D eigenvalue weighted by Gasteiger charge is 2.50. The van der Waals surface area contributed by atoms with E-state index in [-0.39, 0.29) is 6.61 Å². The fraction of sp³-hybridized carbons (Fsp3) is 0.625. The minimum absolute atomic E-state index is 0.246. The van der Waals surface area contributed by atoms with Gasteiger partial charge in [0, 0.05) is 0 Å². The third-order valence-corrected chi connectivity index (χ3v) is 2.40. The fourth-order valence-electron chi connectivity index (χ4n) is 1.29. The average molecular weight is 300 g/mol. The van der Waals surface area contributed by atoms with E-state index < -0.39 is 44.2 Å². The third-order valence-electron chi connectivity index (χ3n) is 1.81. The number of phosphoric acid groups is 1. The van der Waals surface area contributed by atoms with Gasteiger partial charge in [0.15, 0.2) is 5.60 Å². The van der Waals surface area contributed by atoms with Crippen LogP contribution in [0.5, 0.6) is 0 Å². The zero-order valence-electron chi connectivity index (χ0n) is 9.81. The normalized spacial score (nSPS) is 11.9. The zero-order valence-corrected chi connectivity index (χ0v) is 10.7. The number of carbonyl (C=O) groups is 3. The van der Waals surface area contributed by atoms with Crippen LogP contribution >= 0.6 is 7.82 Å². The van der Waals surface area contributed by atoms with Crippen LogP contribution in [0.1, 0.15) is 19.8 Å². The molecular formula is C8H13O10P. The number of carbonyl (C=O) groups excluding carboxylic acids is 1. The van der Waals surface area contributed by atoms with Crippen molar-refractivity contribution >= 4 is 25.7 Å². The molecule has 0 aromatic rings. The Bertz CT molecular complexity index is 394. The van der Waals surface area contributed by atoms with E-state index in [1.807, 2.05) is 0 Å². The zero-order chi connectivity index (χ0) is 15.3. The van der Waals surface area contributed by atoms with Crippen LogP contribution < -0.4 is 0 Å². The molecule has 11 heteroatoms. The summed E-state index contributed by atoms with van der Waals surface area (Å²) in [7, 11) is -5.30. The second-order valence-electron chi connectivity index (χ2n) is 3.44. The first kappa shape index (κ1) is 17.5. The van der Waals surface area contributed by atoms with Crippen LogP contribution in [0.4, 0.5) is 0 Å². The Kier molecular flexibility index (Phi) is 6.10. The summed E-state index contributed by atoms with van der Waals surface area (Å²) in [5.74, 6) is -4.83. The first-order valence-corrected chi connectivity index (χ1v) is 6.42. The molecule has 0 heterocycles. The highest BCUT2D eigenvalue weighted by atomic mass is 31.2. The van der Waals surface area contributed by atoms with Gasteiger partial charge in [0.2, 0.25) is 0 Å². The van der Waals surface area contributed by atoms with Gasteiger partial charge in [0.1, 0.15) is 0 Å². The molecule has 0 atom stereocenters. The molecule has 0 spiro atoms. The molecular weight excluding hydrogens is 287 g/mol. The second kappa shape index (κ2) is 6.62. The lowest BCUT2D eigenvalue weighted by Gasteiger charge is -2.28. The van der Waals surface area contributed by atoms with Crippen molar-refractivity contribution in [3.63, 3.8) is 0 Å². The number of aliphatic carboxylic acids is 2. The number of carboxylic acids is 2. The summed E-state index contributed by atoms with van der Waals surface area (Å²) in [5, 5.41) is 17.3. The van der Waals surface area contributed by atoms with Gasteiger partial charge in [-0.2, -0.15) is 0 Å². The molecule has 0 fully saturated rings. The largest absolute Gasteiger partial charge is 0.481 e. The number of rotatable bonds is 8. The van der Waals surface area contributed by atoms with Crippen molar-refractivity contribution in [1.82, 2.24) is 0 Å². The van der Waals surface area contributed by atoms with Crippen LogP contribution in [0.25, 0.3) is 0 Å². The first-order chi connectivity index (χ1) is 8.52. The summed E-state index contributed by atoms with van der Waals surface area (Å²) in [4.78, 5) is 50.3. The highest BCUT2D eigenvalue weighted by molar-refractivity contribution is 7.46. The molecule has 0 aliphatic rings. The van der Waals surface area contributed by atoms with E-state index in [4.69, 9.17) is 20.0 Å². The predicted octanol–water partition coefficient (Wildman–Crippen LogP) is -0.653. The maximum Gasteiger partial charge on any atom is 0.470 e. The molecule has 0 aromatic heterocycles. The van der Waals surface area contributed by atoms with Gasteiger partial charge < -0.3 is 24.7 Å². The third kappa shape index (κ3) is 6.30. The van der Waals surface area contributed by atoms with Gasteiger partial charge in [0.05, 0.1) is 19.4 Å². The van der Waals surface area contributed by atoms with Crippen molar-refractivity contribution in [2.45, 2.75) is 25.4 Å².